The number of carbonyl (C=O) groups excluding carboxylic acids is 1. The van der Waals surface area contributed by atoms with Crippen LogP contribution in [-0.2, 0) is 10.2 Å². The number of halogens is 1. The highest BCUT2D eigenvalue weighted by Crippen LogP contribution is 2.52. The van der Waals surface area contributed by atoms with Crippen LogP contribution in [-0.4, -0.2) is 22.0 Å². The van der Waals surface area contributed by atoms with Crippen LogP contribution >= 0.6 is 11.3 Å². The summed E-state index contributed by atoms with van der Waals surface area (Å²) in [6.07, 6.45) is 2.49. The molecule has 1 fully saturated rings. The number of thiazole rings is 1. The lowest BCUT2D eigenvalue weighted by molar-refractivity contribution is -0.120. The molecule has 23 heavy (non-hydrogen) atoms. The average molecular weight is 327 g/mol. The first-order chi connectivity index (χ1) is 11.0. The zero-order valence-corrected chi connectivity index (χ0v) is 13.2. The maximum absolute atomic E-state index is 13.8. The summed E-state index contributed by atoms with van der Waals surface area (Å²) in [5, 5.41) is 0.479. The number of alkyl halides is 1. The molecule has 4 nitrogen and oxygen atoms in total. The molecule has 0 saturated heterocycles. The number of hydrogen-bond acceptors (Lipinski definition) is 4. The largest absolute Gasteiger partial charge is 0.369 e. The predicted octanol–water partition coefficient (Wildman–Crippen LogP) is 3.13. The van der Waals surface area contributed by atoms with Crippen molar-refractivity contribution in [2.45, 2.75) is 24.9 Å². The Labute approximate surface area is 136 Å². The number of nitrogens with zero attached hydrogens (tertiary/aromatic N) is 2. The van der Waals surface area contributed by atoms with Gasteiger partial charge in [0.2, 0.25) is 5.91 Å². The monoisotopic (exact) mass is 327 g/mol. The molecule has 0 spiro atoms. The van der Waals surface area contributed by atoms with Gasteiger partial charge in [-0.15, -0.1) is 11.3 Å². The molecule has 2 heterocycles. The first kappa shape index (κ1) is 14.3. The summed E-state index contributed by atoms with van der Waals surface area (Å²) in [6.45, 7) is 2.03. The van der Waals surface area contributed by atoms with E-state index in [0.29, 0.717) is 5.01 Å². The normalized spacial score (nSPS) is 23.1. The fourth-order valence-corrected chi connectivity index (χ4v) is 4.10. The number of fused-ring (bicyclic) bond motifs is 1. The Hall–Kier alpha value is -2.34. The van der Waals surface area contributed by atoms with E-state index in [2.05, 4.69) is 9.97 Å². The van der Waals surface area contributed by atoms with Gasteiger partial charge in [0, 0.05) is 24.4 Å². The number of pyridine rings is 1. The molecule has 1 aliphatic rings. The zero-order valence-electron chi connectivity index (χ0n) is 12.4. The third-order valence-corrected chi connectivity index (χ3v) is 5.63. The van der Waals surface area contributed by atoms with E-state index in [9.17, 15) is 9.18 Å². The Kier molecular flexibility index (Phi) is 2.99. The second-order valence-electron chi connectivity index (χ2n) is 5.90. The Morgan fingerprint density at radius 1 is 1.43 bits per heavy atom. The molecule has 0 aliphatic heterocycles. The van der Waals surface area contributed by atoms with Crippen molar-refractivity contribution in [2.75, 3.05) is 0 Å². The predicted molar refractivity (Wildman–Crippen MR) is 88.0 cm³/mol. The van der Waals surface area contributed by atoms with Crippen LogP contribution in [0.1, 0.15) is 17.0 Å². The molecule has 1 saturated carbocycles. The smallest absolute Gasteiger partial charge is 0.233 e. The molecule has 1 amide bonds. The fourth-order valence-electron chi connectivity index (χ4n) is 2.85. The van der Waals surface area contributed by atoms with Gasteiger partial charge in [0.1, 0.15) is 16.6 Å². The van der Waals surface area contributed by atoms with Crippen LogP contribution < -0.4 is 5.73 Å². The maximum atomic E-state index is 13.8. The number of carbonyl (C=O) groups is 1. The van der Waals surface area contributed by atoms with E-state index in [1.165, 1.54) is 11.3 Å². The van der Waals surface area contributed by atoms with Crippen molar-refractivity contribution in [1.82, 2.24) is 9.97 Å². The number of rotatable bonds is 3. The molecule has 116 valence electrons. The molecular formula is C17H14FN3OS. The Balaban J connectivity index is 1.82. The van der Waals surface area contributed by atoms with E-state index in [-0.39, 0.29) is 6.42 Å². The number of hydrogen-bond donors (Lipinski definition) is 1. The van der Waals surface area contributed by atoms with Gasteiger partial charge >= 0.3 is 0 Å². The Bertz CT molecular complexity index is 938. The lowest BCUT2D eigenvalue weighted by atomic mass is 10.0. The third-order valence-electron chi connectivity index (χ3n) is 4.44. The number of primary amides is 1. The minimum Gasteiger partial charge on any atom is -0.369 e. The first-order valence-electron chi connectivity index (χ1n) is 7.28. The molecule has 2 atom stereocenters. The first-order valence-corrected chi connectivity index (χ1v) is 8.10. The summed E-state index contributed by atoms with van der Waals surface area (Å²) in [5.41, 5.74) is 8.14. The van der Waals surface area contributed by atoms with Gasteiger partial charge in [0.15, 0.2) is 0 Å². The molecule has 3 aromatic rings. The van der Waals surface area contributed by atoms with E-state index < -0.39 is 17.5 Å². The topological polar surface area (TPSA) is 68.9 Å². The number of nitrogens with two attached hydrogens (primary N) is 1. The minimum absolute atomic E-state index is 0.136. The fraction of sp³-hybridized carbons (Fsp3) is 0.235. The molecular weight excluding hydrogens is 313 g/mol. The summed E-state index contributed by atoms with van der Waals surface area (Å²) >= 11 is 1.34. The minimum atomic E-state index is -1.22. The zero-order chi connectivity index (χ0) is 16.2. The van der Waals surface area contributed by atoms with Crippen molar-refractivity contribution >= 4 is 27.5 Å². The molecule has 0 radical (unpaired) electrons. The number of amides is 1. The summed E-state index contributed by atoms with van der Waals surface area (Å²) in [4.78, 5) is 20.2. The average Bonchev–Trinajstić information content (AvgIpc) is 3.04. The van der Waals surface area contributed by atoms with Gasteiger partial charge in [-0.3, -0.25) is 9.78 Å². The second kappa shape index (κ2) is 4.83. The molecule has 2 unspecified atom stereocenters. The van der Waals surface area contributed by atoms with Gasteiger partial charge in [-0.1, -0.05) is 6.07 Å². The van der Waals surface area contributed by atoms with Gasteiger partial charge in [0.05, 0.1) is 10.2 Å². The van der Waals surface area contributed by atoms with E-state index in [1.54, 1.807) is 6.20 Å². The number of aromatic nitrogens is 2. The SMILES string of the molecule is Cc1ccncc1-c1ccc2nc(C3(C(N)=O)CC3F)sc2c1. The second-order valence-corrected chi connectivity index (χ2v) is 6.93. The van der Waals surface area contributed by atoms with Crippen molar-refractivity contribution in [2.24, 2.45) is 5.73 Å². The maximum Gasteiger partial charge on any atom is 0.233 e. The van der Waals surface area contributed by atoms with Crippen LogP contribution in [0.2, 0.25) is 0 Å². The van der Waals surface area contributed by atoms with E-state index in [1.807, 2.05) is 37.4 Å². The van der Waals surface area contributed by atoms with Crippen molar-refractivity contribution in [3.63, 3.8) is 0 Å². The summed E-state index contributed by atoms with van der Waals surface area (Å²) in [5.74, 6) is -0.632. The standard InChI is InChI=1S/C17H14FN3OS/c1-9-4-5-20-8-11(9)10-2-3-12-13(6-10)23-16(21-12)17(15(19)22)7-14(17)18/h2-6,8,14H,7H2,1H3,(H2,19,22). The third kappa shape index (κ3) is 2.05. The van der Waals surface area contributed by atoms with Crippen LogP contribution in [0.25, 0.3) is 21.3 Å². The summed E-state index contributed by atoms with van der Waals surface area (Å²) in [7, 11) is 0. The van der Waals surface area contributed by atoms with Gasteiger partial charge in [0.25, 0.3) is 0 Å². The van der Waals surface area contributed by atoms with Crippen LogP contribution in [0.5, 0.6) is 0 Å². The Morgan fingerprint density at radius 3 is 2.87 bits per heavy atom. The number of benzene rings is 1. The van der Waals surface area contributed by atoms with Crippen molar-refractivity contribution < 1.29 is 9.18 Å². The van der Waals surface area contributed by atoms with Gasteiger partial charge in [-0.05, 0) is 36.2 Å². The highest BCUT2D eigenvalue weighted by atomic mass is 32.1. The van der Waals surface area contributed by atoms with E-state index >= 15 is 0 Å². The van der Waals surface area contributed by atoms with Gasteiger partial charge in [-0.25, -0.2) is 9.37 Å². The Morgan fingerprint density at radius 2 is 2.22 bits per heavy atom. The highest BCUT2D eigenvalue weighted by Gasteiger charge is 2.63. The van der Waals surface area contributed by atoms with Crippen molar-refractivity contribution in [3.05, 3.63) is 47.2 Å². The summed E-state index contributed by atoms with van der Waals surface area (Å²) in [6, 6.07) is 7.82. The van der Waals surface area contributed by atoms with Crippen molar-refractivity contribution in [3.8, 4) is 11.1 Å². The summed E-state index contributed by atoms with van der Waals surface area (Å²) < 4.78 is 14.7. The van der Waals surface area contributed by atoms with Crippen LogP contribution in [0.15, 0.2) is 36.7 Å². The van der Waals surface area contributed by atoms with Crippen LogP contribution in [0.3, 0.4) is 0 Å². The molecule has 2 aromatic heterocycles. The molecule has 4 rings (SSSR count). The molecule has 6 heteroatoms. The van der Waals surface area contributed by atoms with E-state index in [4.69, 9.17) is 5.73 Å². The lowest BCUT2D eigenvalue weighted by Gasteiger charge is -2.05. The molecule has 1 aliphatic carbocycles. The molecule has 2 N–H and O–H groups in total. The van der Waals surface area contributed by atoms with Crippen LogP contribution in [0, 0.1) is 6.92 Å². The van der Waals surface area contributed by atoms with Crippen molar-refractivity contribution in [1.29, 1.82) is 0 Å². The molecule has 1 aromatic carbocycles. The lowest BCUT2D eigenvalue weighted by Crippen LogP contribution is -2.30. The van der Waals surface area contributed by atoms with Gasteiger partial charge in [-0.2, -0.15) is 0 Å². The molecule has 0 bridgehead atoms. The quantitative estimate of drug-likeness (QED) is 0.803. The van der Waals surface area contributed by atoms with E-state index in [0.717, 1.165) is 26.9 Å². The van der Waals surface area contributed by atoms with Gasteiger partial charge < -0.3 is 5.73 Å². The highest BCUT2D eigenvalue weighted by molar-refractivity contribution is 7.18. The number of aryl methyl sites for hydroxylation is 1. The van der Waals surface area contributed by atoms with Crippen LogP contribution in [0.4, 0.5) is 4.39 Å².